The average Bonchev–Trinajstić information content (AvgIpc) is 3.31. The van der Waals surface area contributed by atoms with Gasteiger partial charge in [-0.2, -0.15) is 4.98 Å². The van der Waals surface area contributed by atoms with Gasteiger partial charge in [0.1, 0.15) is 17.5 Å². The van der Waals surface area contributed by atoms with Crippen LogP contribution in [0.25, 0.3) is 10.8 Å². The maximum absolute atomic E-state index is 15.4. The fraction of sp³-hybridized carbons (Fsp3) is 0.615. The number of piperazine rings is 1. The molecular formula is C26H31ClFN5O4. The first-order valence-electron chi connectivity index (χ1n) is 12.8. The van der Waals surface area contributed by atoms with E-state index in [-0.39, 0.29) is 46.5 Å². The number of amides is 2. The van der Waals surface area contributed by atoms with Gasteiger partial charge in [-0.1, -0.05) is 11.6 Å². The Hall–Kier alpha value is -2.88. The second kappa shape index (κ2) is 8.06. The molecule has 0 radical (unpaired) electrons. The lowest BCUT2D eigenvalue weighted by atomic mass is 9.93. The van der Waals surface area contributed by atoms with E-state index in [2.05, 4.69) is 22.1 Å². The molecule has 0 saturated carbocycles. The van der Waals surface area contributed by atoms with Gasteiger partial charge in [-0.25, -0.2) is 14.2 Å². The normalized spacial score (nSPS) is 30.6. The van der Waals surface area contributed by atoms with Crippen LogP contribution in [0.3, 0.4) is 0 Å². The Morgan fingerprint density at radius 1 is 1.32 bits per heavy atom. The summed E-state index contributed by atoms with van der Waals surface area (Å²) in [6.07, 6.45) is 1.77. The number of rotatable bonds is 1. The van der Waals surface area contributed by atoms with Crippen LogP contribution >= 0.6 is 11.6 Å². The SMILES string of the molecule is C[C@@H]1Oc2nc(Cl)c(F)c3cc(C4CCC(=O)N4)nc(c23)N2C[C@@]3(C)CC[C@@H]([C@@H]12)N3C(=O)OC(C)(C)C. The van der Waals surface area contributed by atoms with Crippen molar-refractivity contribution in [3.8, 4) is 5.88 Å². The maximum atomic E-state index is 15.4. The lowest BCUT2D eigenvalue weighted by Crippen LogP contribution is -2.69. The summed E-state index contributed by atoms with van der Waals surface area (Å²) in [5.41, 5.74) is -0.573. The number of ether oxygens (including phenoxy) is 2. The monoisotopic (exact) mass is 531 g/mol. The van der Waals surface area contributed by atoms with Crippen LogP contribution in [0.1, 0.15) is 72.0 Å². The molecule has 198 valence electrons. The van der Waals surface area contributed by atoms with Gasteiger partial charge in [0.15, 0.2) is 11.0 Å². The Bertz CT molecular complexity index is 1330. The van der Waals surface area contributed by atoms with E-state index >= 15 is 4.39 Å². The minimum atomic E-state index is -0.647. The van der Waals surface area contributed by atoms with Gasteiger partial charge in [0.05, 0.1) is 34.7 Å². The third-order valence-electron chi connectivity index (χ3n) is 8.00. The lowest BCUT2D eigenvalue weighted by Gasteiger charge is -2.52. The zero-order valence-corrected chi connectivity index (χ0v) is 22.4. The van der Waals surface area contributed by atoms with Crippen molar-refractivity contribution in [3.63, 3.8) is 0 Å². The van der Waals surface area contributed by atoms with E-state index in [4.69, 9.17) is 26.1 Å². The van der Waals surface area contributed by atoms with Gasteiger partial charge in [0, 0.05) is 18.4 Å². The van der Waals surface area contributed by atoms with Gasteiger partial charge >= 0.3 is 6.09 Å². The van der Waals surface area contributed by atoms with Crippen LogP contribution in [0.2, 0.25) is 5.15 Å². The number of hydrogen-bond donors (Lipinski definition) is 1. The second-order valence-electron chi connectivity index (χ2n) is 11.9. The van der Waals surface area contributed by atoms with Crippen LogP contribution in [-0.2, 0) is 9.53 Å². The highest BCUT2D eigenvalue weighted by molar-refractivity contribution is 6.30. The highest BCUT2D eigenvalue weighted by atomic mass is 35.5. The van der Waals surface area contributed by atoms with Crippen LogP contribution in [-0.4, -0.2) is 62.7 Å². The van der Waals surface area contributed by atoms with Crippen LogP contribution in [0, 0.1) is 5.82 Å². The van der Waals surface area contributed by atoms with Crippen molar-refractivity contribution in [2.75, 3.05) is 11.4 Å². The summed E-state index contributed by atoms with van der Waals surface area (Å²) in [7, 11) is 0. The van der Waals surface area contributed by atoms with Crippen LogP contribution < -0.4 is 15.0 Å². The molecule has 6 heterocycles. The molecule has 4 aliphatic rings. The number of carbonyl (C=O) groups is 2. The second-order valence-corrected chi connectivity index (χ2v) is 12.2. The quantitative estimate of drug-likeness (QED) is 0.541. The summed E-state index contributed by atoms with van der Waals surface area (Å²) in [6, 6.07) is 0.842. The van der Waals surface area contributed by atoms with E-state index in [1.807, 2.05) is 32.6 Å². The Morgan fingerprint density at radius 2 is 2.08 bits per heavy atom. The molecule has 3 fully saturated rings. The molecule has 0 aliphatic carbocycles. The molecule has 2 bridgehead atoms. The number of nitrogens with zero attached hydrogens (tertiary/aromatic N) is 4. The molecule has 0 aromatic carbocycles. The molecule has 0 spiro atoms. The van der Waals surface area contributed by atoms with Crippen molar-refractivity contribution in [3.05, 3.63) is 22.7 Å². The summed E-state index contributed by atoms with van der Waals surface area (Å²) in [4.78, 5) is 38.7. The first-order valence-corrected chi connectivity index (χ1v) is 13.2. The van der Waals surface area contributed by atoms with Gasteiger partial charge in [-0.05, 0) is 59.9 Å². The number of anilines is 1. The third kappa shape index (κ3) is 3.78. The number of pyridine rings is 2. The lowest BCUT2D eigenvalue weighted by molar-refractivity contribution is -0.119. The minimum absolute atomic E-state index is 0.0574. The third-order valence-corrected chi connectivity index (χ3v) is 8.25. The molecule has 4 aliphatic heterocycles. The zero-order chi connectivity index (χ0) is 26.4. The van der Waals surface area contributed by atoms with Crippen molar-refractivity contribution in [1.29, 1.82) is 0 Å². The molecule has 2 aromatic rings. The van der Waals surface area contributed by atoms with Crippen LogP contribution in [0.15, 0.2) is 6.07 Å². The van der Waals surface area contributed by atoms with E-state index in [1.54, 1.807) is 6.07 Å². The van der Waals surface area contributed by atoms with Crippen molar-refractivity contribution >= 4 is 40.2 Å². The smallest absolute Gasteiger partial charge is 0.411 e. The Morgan fingerprint density at radius 3 is 2.76 bits per heavy atom. The van der Waals surface area contributed by atoms with Crippen LogP contribution in [0.5, 0.6) is 5.88 Å². The minimum Gasteiger partial charge on any atom is -0.472 e. The number of halogens is 2. The first kappa shape index (κ1) is 24.5. The standard InChI is InChI=1S/C26H31ClFN5O4/c1-12-20-16-8-9-26(5,33(16)24(35)37-25(2,3)4)11-32(20)22-18-13(19(28)21(27)31-23(18)36-12)10-15(30-22)14-6-7-17(34)29-14/h10,12,14,16,20H,6-9,11H2,1-5H3,(H,29,34)/t12-,14?,16-,20+,26+/m0/s1. The number of aromatic nitrogens is 2. The Balaban J connectivity index is 1.51. The number of hydrogen-bond acceptors (Lipinski definition) is 7. The highest BCUT2D eigenvalue weighted by Gasteiger charge is 2.59. The van der Waals surface area contributed by atoms with E-state index in [0.717, 1.165) is 12.8 Å². The molecule has 6 rings (SSSR count). The number of fused-ring (bicyclic) bond motifs is 5. The van der Waals surface area contributed by atoms with Crippen molar-refractivity contribution in [2.24, 2.45) is 0 Å². The van der Waals surface area contributed by atoms with E-state index < -0.39 is 23.1 Å². The van der Waals surface area contributed by atoms with Crippen molar-refractivity contribution < 1.29 is 23.5 Å². The molecule has 5 atom stereocenters. The Kier molecular flexibility index (Phi) is 5.33. The molecule has 37 heavy (non-hydrogen) atoms. The van der Waals surface area contributed by atoms with Crippen molar-refractivity contribution in [2.45, 2.75) is 95.7 Å². The summed E-state index contributed by atoms with van der Waals surface area (Å²) in [6.45, 7) is 10.0. The molecular weight excluding hydrogens is 501 g/mol. The number of nitrogens with one attached hydrogen (secondary N) is 1. The summed E-state index contributed by atoms with van der Waals surface area (Å²) in [5, 5.41) is 3.37. The fourth-order valence-corrected chi connectivity index (χ4v) is 6.69. The average molecular weight is 532 g/mol. The predicted molar refractivity (Wildman–Crippen MR) is 135 cm³/mol. The van der Waals surface area contributed by atoms with Gasteiger partial charge in [-0.3, -0.25) is 9.69 Å². The van der Waals surface area contributed by atoms with Gasteiger partial charge < -0.3 is 19.7 Å². The van der Waals surface area contributed by atoms with E-state index in [9.17, 15) is 9.59 Å². The molecule has 11 heteroatoms. The largest absolute Gasteiger partial charge is 0.472 e. The first-order chi connectivity index (χ1) is 17.4. The number of carbonyl (C=O) groups excluding carboxylic acids is 2. The van der Waals surface area contributed by atoms with E-state index in [1.165, 1.54) is 0 Å². The summed E-state index contributed by atoms with van der Waals surface area (Å²) >= 11 is 6.21. The topological polar surface area (TPSA) is 96.9 Å². The zero-order valence-electron chi connectivity index (χ0n) is 21.6. The molecule has 1 N–H and O–H groups in total. The van der Waals surface area contributed by atoms with E-state index in [0.29, 0.717) is 36.3 Å². The molecule has 9 nitrogen and oxygen atoms in total. The summed E-state index contributed by atoms with van der Waals surface area (Å²) < 4.78 is 27.6. The molecule has 2 amide bonds. The molecule has 2 aromatic heterocycles. The summed E-state index contributed by atoms with van der Waals surface area (Å²) in [5.74, 6) is 0.0599. The highest BCUT2D eigenvalue weighted by Crippen LogP contribution is 2.49. The maximum Gasteiger partial charge on any atom is 0.411 e. The fourth-order valence-electron chi connectivity index (χ4n) is 6.51. The van der Waals surface area contributed by atoms with Gasteiger partial charge in [0.25, 0.3) is 0 Å². The predicted octanol–water partition coefficient (Wildman–Crippen LogP) is 4.50. The Labute approximate surface area is 219 Å². The van der Waals surface area contributed by atoms with Gasteiger partial charge in [-0.15, -0.1) is 0 Å². The van der Waals surface area contributed by atoms with Crippen molar-refractivity contribution in [1.82, 2.24) is 20.2 Å². The van der Waals surface area contributed by atoms with Crippen LogP contribution in [0.4, 0.5) is 15.0 Å². The van der Waals surface area contributed by atoms with Gasteiger partial charge in [0.2, 0.25) is 11.8 Å². The molecule has 3 saturated heterocycles. The molecule has 1 unspecified atom stereocenters.